The molecule has 5 heteroatoms. The summed E-state index contributed by atoms with van der Waals surface area (Å²) in [6.07, 6.45) is 0.0944. The van der Waals surface area contributed by atoms with Crippen molar-refractivity contribution in [1.29, 1.82) is 0 Å². The summed E-state index contributed by atoms with van der Waals surface area (Å²) in [5.41, 5.74) is -1.23. The van der Waals surface area contributed by atoms with Crippen molar-refractivity contribution in [2.75, 3.05) is 7.11 Å². The molecule has 0 aromatic heterocycles. The number of hydrogen-bond acceptors (Lipinski definition) is 3. The molecular weight excluding hydrogens is 227 g/mol. The molecule has 0 unspecified atom stereocenters. The van der Waals surface area contributed by atoms with Crippen LogP contribution in [-0.4, -0.2) is 23.3 Å². The first kappa shape index (κ1) is 11.9. The molecule has 1 saturated carbocycles. The highest BCUT2D eigenvalue weighted by atomic mass is 19.1. The highest BCUT2D eigenvalue weighted by Gasteiger charge is 2.48. The molecule has 0 saturated heterocycles. The van der Waals surface area contributed by atoms with Crippen molar-refractivity contribution in [2.24, 2.45) is 5.92 Å². The normalized spacial score (nSPS) is 27.4. The summed E-state index contributed by atoms with van der Waals surface area (Å²) in [7, 11) is 1.42. The smallest absolute Gasteiger partial charge is 0.306 e. The van der Waals surface area contributed by atoms with Crippen LogP contribution >= 0.6 is 0 Å². The lowest BCUT2D eigenvalue weighted by molar-refractivity contribution is -0.159. The Morgan fingerprint density at radius 1 is 1.53 bits per heavy atom. The molecule has 0 aliphatic heterocycles. The third-order valence-electron chi connectivity index (χ3n) is 3.20. The number of halogens is 1. The van der Waals surface area contributed by atoms with Gasteiger partial charge < -0.3 is 14.9 Å². The van der Waals surface area contributed by atoms with Gasteiger partial charge in [0.1, 0.15) is 11.6 Å². The molecule has 1 aromatic rings. The lowest BCUT2D eigenvalue weighted by Crippen LogP contribution is -2.45. The predicted molar refractivity (Wildman–Crippen MR) is 57.2 cm³/mol. The summed E-state index contributed by atoms with van der Waals surface area (Å²) < 4.78 is 18.6. The van der Waals surface area contributed by atoms with Crippen LogP contribution in [0.3, 0.4) is 0 Å². The van der Waals surface area contributed by atoms with E-state index in [1.807, 2.05) is 0 Å². The van der Waals surface area contributed by atoms with E-state index < -0.39 is 23.3 Å². The van der Waals surface area contributed by atoms with E-state index >= 15 is 0 Å². The van der Waals surface area contributed by atoms with Crippen LogP contribution in [0.4, 0.5) is 4.39 Å². The van der Waals surface area contributed by atoms with Crippen LogP contribution < -0.4 is 4.74 Å². The highest BCUT2D eigenvalue weighted by molar-refractivity contribution is 5.72. The third-order valence-corrected chi connectivity index (χ3v) is 3.20. The first-order valence-corrected chi connectivity index (χ1v) is 5.25. The van der Waals surface area contributed by atoms with E-state index in [2.05, 4.69) is 0 Å². The standard InChI is InChI=1S/C12H13FO4/c1-17-8-2-3-9(10(13)4-8)12(16)5-7(6-12)11(14)15/h2-4,7,16H,5-6H2,1H3,(H,14,15). The zero-order valence-corrected chi connectivity index (χ0v) is 9.31. The number of rotatable bonds is 3. The largest absolute Gasteiger partial charge is 0.497 e. The van der Waals surface area contributed by atoms with E-state index in [9.17, 15) is 14.3 Å². The number of aliphatic hydroxyl groups is 1. The quantitative estimate of drug-likeness (QED) is 0.840. The molecule has 1 aliphatic rings. The van der Waals surface area contributed by atoms with Crippen molar-refractivity contribution < 1.29 is 24.1 Å². The van der Waals surface area contributed by atoms with Gasteiger partial charge in [-0.3, -0.25) is 4.79 Å². The zero-order valence-electron chi connectivity index (χ0n) is 9.31. The lowest BCUT2D eigenvalue weighted by atomic mass is 9.67. The molecule has 1 aromatic carbocycles. The molecule has 0 spiro atoms. The zero-order chi connectivity index (χ0) is 12.6. The Morgan fingerprint density at radius 3 is 2.65 bits per heavy atom. The van der Waals surface area contributed by atoms with Crippen molar-refractivity contribution >= 4 is 5.97 Å². The third kappa shape index (κ3) is 1.98. The van der Waals surface area contributed by atoms with E-state index in [0.717, 1.165) is 0 Å². The van der Waals surface area contributed by atoms with Gasteiger partial charge in [0.05, 0.1) is 18.6 Å². The van der Waals surface area contributed by atoms with Crippen molar-refractivity contribution in [3.63, 3.8) is 0 Å². The topological polar surface area (TPSA) is 66.8 Å². The van der Waals surface area contributed by atoms with Crippen LogP contribution in [0.15, 0.2) is 18.2 Å². The van der Waals surface area contributed by atoms with Crippen LogP contribution in [0.2, 0.25) is 0 Å². The van der Waals surface area contributed by atoms with Crippen molar-refractivity contribution in [3.8, 4) is 5.75 Å². The maximum Gasteiger partial charge on any atom is 0.306 e. The maximum atomic E-state index is 13.7. The van der Waals surface area contributed by atoms with Gasteiger partial charge >= 0.3 is 5.97 Å². The molecule has 17 heavy (non-hydrogen) atoms. The minimum atomic E-state index is -1.36. The van der Waals surface area contributed by atoms with Crippen LogP contribution in [0.1, 0.15) is 18.4 Å². The SMILES string of the molecule is COc1ccc(C2(O)CC(C(=O)O)C2)c(F)c1. The van der Waals surface area contributed by atoms with Gasteiger partial charge in [-0.2, -0.15) is 0 Å². The molecule has 4 nitrogen and oxygen atoms in total. The van der Waals surface area contributed by atoms with Gasteiger partial charge in [-0.15, -0.1) is 0 Å². The molecule has 1 fully saturated rings. The first-order valence-electron chi connectivity index (χ1n) is 5.25. The molecule has 0 amide bonds. The second-order valence-corrected chi connectivity index (χ2v) is 4.32. The molecule has 1 aliphatic carbocycles. The van der Waals surface area contributed by atoms with E-state index in [1.54, 1.807) is 6.07 Å². The van der Waals surface area contributed by atoms with Crippen LogP contribution in [0.5, 0.6) is 5.75 Å². The number of aliphatic carboxylic acids is 1. The van der Waals surface area contributed by atoms with Gasteiger partial charge in [-0.25, -0.2) is 4.39 Å². The molecular formula is C12H13FO4. The van der Waals surface area contributed by atoms with Gasteiger partial charge in [0, 0.05) is 11.6 Å². The molecule has 2 N–H and O–H groups in total. The highest BCUT2D eigenvalue weighted by Crippen LogP contribution is 2.46. The fourth-order valence-electron chi connectivity index (χ4n) is 2.15. The minimum Gasteiger partial charge on any atom is -0.497 e. The monoisotopic (exact) mass is 240 g/mol. The van der Waals surface area contributed by atoms with Gasteiger partial charge in [0.15, 0.2) is 0 Å². The number of hydrogen-bond donors (Lipinski definition) is 2. The van der Waals surface area contributed by atoms with E-state index in [4.69, 9.17) is 9.84 Å². The fraction of sp³-hybridized carbons (Fsp3) is 0.417. The van der Waals surface area contributed by atoms with Crippen LogP contribution in [0.25, 0.3) is 0 Å². The average Bonchev–Trinajstić information content (AvgIpc) is 2.24. The van der Waals surface area contributed by atoms with E-state index in [0.29, 0.717) is 5.75 Å². The Kier molecular flexibility index (Phi) is 2.79. The Labute approximate surface area is 97.6 Å². The summed E-state index contributed by atoms with van der Waals surface area (Å²) >= 11 is 0. The number of carboxylic acids is 1. The summed E-state index contributed by atoms with van der Waals surface area (Å²) in [6, 6.07) is 4.16. The fourth-order valence-corrected chi connectivity index (χ4v) is 2.15. The number of carbonyl (C=O) groups is 1. The van der Waals surface area contributed by atoms with Crippen molar-refractivity contribution in [1.82, 2.24) is 0 Å². The number of carboxylic acid groups (broad SMARTS) is 1. The molecule has 92 valence electrons. The molecule has 2 rings (SSSR count). The lowest BCUT2D eigenvalue weighted by Gasteiger charge is -2.41. The number of benzene rings is 1. The van der Waals surface area contributed by atoms with E-state index in [-0.39, 0.29) is 18.4 Å². The average molecular weight is 240 g/mol. The van der Waals surface area contributed by atoms with Crippen molar-refractivity contribution in [2.45, 2.75) is 18.4 Å². The predicted octanol–water partition coefficient (Wildman–Crippen LogP) is 1.52. The summed E-state index contributed by atoms with van der Waals surface area (Å²) in [5, 5.41) is 18.8. The van der Waals surface area contributed by atoms with Gasteiger partial charge in [-0.1, -0.05) is 0 Å². The van der Waals surface area contributed by atoms with Crippen LogP contribution in [-0.2, 0) is 10.4 Å². The Hall–Kier alpha value is -1.62. The second kappa shape index (κ2) is 4.00. The summed E-state index contributed by atoms with van der Waals surface area (Å²) in [4.78, 5) is 10.7. The number of methoxy groups -OCH3 is 1. The summed E-state index contributed by atoms with van der Waals surface area (Å²) in [6.45, 7) is 0. The van der Waals surface area contributed by atoms with Gasteiger partial charge in [-0.05, 0) is 25.0 Å². The minimum absolute atomic E-state index is 0.0472. The Morgan fingerprint density at radius 2 is 2.18 bits per heavy atom. The Bertz CT molecular complexity index is 452. The van der Waals surface area contributed by atoms with Gasteiger partial charge in [0.25, 0.3) is 0 Å². The second-order valence-electron chi connectivity index (χ2n) is 4.32. The molecule has 0 bridgehead atoms. The molecule has 0 radical (unpaired) electrons. The molecule has 0 atom stereocenters. The van der Waals surface area contributed by atoms with Gasteiger partial charge in [0.2, 0.25) is 0 Å². The molecule has 0 heterocycles. The maximum absolute atomic E-state index is 13.7. The van der Waals surface area contributed by atoms with Crippen molar-refractivity contribution in [3.05, 3.63) is 29.6 Å². The Balaban J connectivity index is 2.21. The number of ether oxygens (including phenoxy) is 1. The summed E-state index contributed by atoms with van der Waals surface area (Å²) in [5.74, 6) is -1.76. The first-order chi connectivity index (χ1) is 7.96. The van der Waals surface area contributed by atoms with Crippen LogP contribution in [0, 0.1) is 11.7 Å². The van der Waals surface area contributed by atoms with E-state index in [1.165, 1.54) is 19.2 Å².